The summed E-state index contributed by atoms with van der Waals surface area (Å²) >= 11 is 0. The molecule has 5 rings (SSSR count). The molecule has 4 aromatic rings. The van der Waals surface area contributed by atoms with Crippen LogP contribution in [0.15, 0.2) is 54.6 Å². The maximum Gasteiger partial charge on any atom is 0.248 e. The lowest BCUT2D eigenvalue weighted by molar-refractivity contribution is 0.506. The van der Waals surface area contributed by atoms with E-state index in [2.05, 4.69) is 26.4 Å². The van der Waals surface area contributed by atoms with Gasteiger partial charge in [0, 0.05) is 41.9 Å². The van der Waals surface area contributed by atoms with Crippen LogP contribution >= 0.6 is 0 Å². The topological polar surface area (TPSA) is 61.8 Å². The third kappa shape index (κ3) is 3.41. The fraction of sp³-hybridized carbons (Fsp3) is 0.182. The van der Waals surface area contributed by atoms with Crippen molar-refractivity contribution in [2.24, 2.45) is 0 Å². The quantitative estimate of drug-likeness (QED) is 0.492. The van der Waals surface area contributed by atoms with Gasteiger partial charge in [-0.25, -0.2) is 13.5 Å². The minimum atomic E-state index is -0.875. The van der Waals surface area contributed by atoms with Crippen molar-refractivity contribution in [1.82, 2.24) is 19.7 Å². The molecular formula is C22H20F2N6. The molecule has 3 heterocycles. The highest BCUT2D eigenvalue weighted by atomic mass is 19.2. The Kier molecular flexibility index (Phi) is 4.46. The van der Waals surface area contributed by atoms with Crippen LogP contribution in [0.4, 0.5) is 32.1 Å². The standard InChI is InChI=1S/C22H20F2N6/c1-14-3-10-20(25-14)15-4-6-16(7-5-15)26-21-27-22-29(11-2-12-30(22)28-21)17-8-9-18(23)19(24)13-17/h3-10,13,25H,2,11-12H2,1H3,(H,26,28). The van der Waals surface area contributed by atoms with Crippen LogP contribution in [0.5, 0.6) is 0 Å². The monoisotopic (exact) mass is 406 g/mol. The molecule has 30 heavy (non-hydrogen) atoms. The average molecular weight is 406 g/mol. The maximum absolute atomic E-state index is 13.7. The van der Waals surface area contributed by atoms with Crippen LogP contribution in [-0.2, 0) is 6.54 Å². The zero-order valence-electron chi connectivity index (χ0n) is 16.4. The fourth-order valence-corrected chi connectivity index (χ4v) is 3.65. The lowest BCUT2D eigenvalue weighted by Gasteiger charge is -2.27. The van der Waals surface area contributed by atoms with Gasteiger partial charge in [-0.05, 0) is 55.3 Å². The number of aryl methyl sites for hydroxylation is 2. The third-order valence-corrected chi connectivity index (χ3v) is 5.14. The van der Waals surface area contributed by atoms with Gasteiger partial charge in [-0.1, -0.05) is 12.1 Å². The first-order chi connectivity index (χ1) is 14.6. The first-order valence-electron chi connectivity index (χ1n) is 9.77. The first-order valence-corrected chi connectivity index (χ1v) is 9.77. The van der Waals surface area contributed by atoms with E-state index in [1.807, 2.05) is 42.2 Å². The Balaban J connectivity index is 1.38. The number of benzene rings is 2. The molecule has 2 aromatic heterocycles. The van der Waals surface area contributed by atoms with E-state index in [-0.39, 0.29) is 0 Å². The molecule has 2 aromatic carbocycles. The van der Waals surface area contributed by atoms with Crippen LogP contribution < -0.4 is 10.2 Å². The van der Waals surface area contributed by atoms with Crippen molar-refractivity contribution in [1.29, 1.82) is 0 Å². The Morgan fingerprint density at radius 3 is 2.53 bits per heavy atom. The molecule has 6 nitrogen and oxygen atoms in total. The number of fused-ring (bicyclic) bond motifs is 1. The summed E-state index contributed by atoms with van der Waals surface area (Å²) in [6.45, 7) is 3.40. The highest BCUT2D eigenvalue weighted by molar-refractivity contribution is 5.66. The number of rotatable bonds is 4. The first kappa shape index (κ1) is 18.4. The molecular weight excluding hydrogens is 386 g/mol. The van der Waals surface area contributed by atoms with E-state index in [4.69, 9.17) is 0 Å². The smallest absolute Gasteiger partial charge is 0.248 e. The van der Waals surface area contributed by atoms with Gasteiger partial charge in [-0.3, -0.25) is 0 Å². The van der Waals surface area contributed by atoms with Crippen LogP contribution in [0.2, 0.25) is 0 Å². The molecule has 0 atom stereocenters. The Morgan fingerprint density at radius 2 is 1.80 bits per heavy atom. The molecule has 2 N–H and O–H groups in total. The zero-order valence-corrected chi connectivity index (χ0v) is 16.4. The molecule has 0 saturated heterocycles. The molecule has 0 amide bonds. The Bertz CT molecular complexity index is 1190. The van der Waals surface area contributed by atoms with E-state index in [1.54, 1.807) is 10.7 Å². The number of hydrogen-bond donors (Lipinski definition) is 2. The van der Waals surface area contributed by atoms with Crippen molar-refractivity contribution in [2.75, 3.05) is 16.8 Å². The molecule has 1 aliphatic heterocycles. The number of hydrogen-bond acceptors (Lipinski definition) is 4. The number of nitrogens with zero attached hydrogens (tertiary/aromatic N) is 4. The van der Waals surface area contributed by atoms with Gasteiger partial charge >= 0.3 is 0 Å². The van der Waals surface area contributed by atoms with E-state index >= 15 is 0 Å². The van der Waals surface area contributed by atoms with Crippen LogP contribution in [0.25, 0.3) is 11.3 Å². The molecule has 152 valence electrons. The molecule has 8 heteroatoms. The van der Waals surface area contributed by atoms with Crippen LogP contribution in [0, 0.1) is 18.6 Å². The molecule has 1 aliphatic rings. The minimum absolute atomic E-state index is 0.461. The number of H-pyrrole nitrogens is 1. The minimum Gasteiger partial charge on any atom is -0.359 e. The maximum atomic E-state index is 13.7. The highest BCUT2D eigenvalue weighted by Gasteiger charge is 2.23. The summed E-state index contributed by atoms with van der Waals surface area (Å²) < 4.78 is 28.8. The van der Waals surface area contributed by atoms with Gasteiger partial charge in [-0.15, -0.1) is 5.10 Å². The number of aromatic amines is 1. The van der Waals surface area contributed by atoms with Crippen molar-refractivity contribution in [3.05, 3.63) is 71.9 Å². The molecule has 0 aliphatic carbocycles. The van der Waals surface area contributed by atoms with Crippen molar-refractivity contribution in [3.8, 4) is 11.3 Å². The molecule has 0 saturated carbocycles. The summed E-state index contributed by atoms with van der Waals surface area (Å²) in [6, 6.07) is 16.0. The lowest BCUT2D eigenvalue weighted by Crippen LogP contribution is -2.28. The number of nitrogens with one attached hydrogen (secondary N) is 2. The Hall–Kier alpha value is -3.68. The zero-order chi connectivity index (χ0) is 20.7. The van der Waals surface area contributed by atoms with E-state index in [1.165, 1.54) is 6.07 Å². The van der Waals surface area contributed by atoms with Gasteiger partial charge < -0.3 is 15.2 Å². The van der Waals surface area contributed by atoms with E-state index < -0.39 is 11.6 Å². The van der Waals surface area contributed by atoms with Crippen LogP contribution in [0.1, 0.15) is 12.1 Å². The highest BCUT2D eigenvalue weighted by Crippen LogP contribution is 2.30. The van der Waals surface area contributed by atoms with Gasteiger partial charge in [0.2, 0.25) is 11.9 Å². The summed E-state index contributed by atoms with van der Waals surface area (Å²) in [5.74, 6) is -0.673. The van der Waals surface area contributed by atoms with Crippen molar-refractivity contribution < 1.29 is 8.78 Å². The van der Waals surface area contributed by atoms with Gasteiger partial charge in [0.05, 0.1) is 0 Å². The molecule has 0 bridgehead atoms. The van der Waals surface area contributed by atoms with E-state index in [0.717, 1.165) is 41.7 Å². The second-order valence-electron chi connectivity index (χ2n) is 7.32. The lowest BCUT2D eigenvalue weighted by atomic mass is 10.1. The molecule has 0 spiro atoms. The summed E-state index contributed by atoms with van der Waals surface area (Å²) in [5.41, 5.74) is 4.70. The van der Waals surface area contributed by atoms with Crippen LogP contribution in [0.3, 0.4) is 0 Å². The fourth-order valence-electron chi connectivity index (χ4n) is 3.65. The summed E-state index contributed by atoms with van der Waals surface area (Å²) in [5, 5.41) is 7.75. The van der Waals surface area contributed by atoms with Crippen LogP contribution in [-0.4, -0.2) is 26.3 Å². The SMILES string of the molecule is Cc1ccc(-c2ccc(Nc3nc4n(n3)CCCN4c3ccc(F)c(F)c3)cc2)[nH]1. The van der Waals surface area contributed by atoms with Crippen molar-refractivity contribution in [3.63, 3.8) is 0 Å². The predicted octanol–water partition coefficient (Wildman–Crippen LogP) is 5.15. The third-order valence-electron chi connectivity index (χ3n) is 5.14. The second kappa shape index (κ2) is 7.29. The predicted molar refractivity (Wildman–Crippen MR) is 112 cm³/mol. The van der Waals surface area contributed by atoms with E-state index in [0.29, 0.717) is 24.1 Å². The van der Waals surface area contributed by atoms with Crippen molar-refractivity contribution >= 4 is 23.3 Å². The van der Waals surface area contributed by atoms with Gasteiger partial charge in [0.15, 0.2) is 11.6 Å². The normalized spacial score (nSPS) is 13.4. The van der Waals surface area contributed by atoms with Crippen molar-refractivity contribution in [2.45, 2.75) is 19.9 Å². The number of aromatic nitrogens is 4. The number of anilines is 4. The Morgan fingerprint density at radius 1 is 0.967 bits per heavy atom. The van der Waals surface area contributed by atoms with E-state index in [9.17, 15) is 8.78 Å². The van der Waals surface area contributed by atoms with Gasteiger partial charge in [0.1, 0.15) is 0 Å². The Labute approximate surface area is 172 Å². The molecule has 0 unspecified atom stereocenters. The van der Waals surface area contributed by atoms with Gasteiger partial charge in [-0.2, -0.15) is 4.98 Å². The molecule has 0 fully saturated rings. The van der Waals surface area contributed by atoms with Gasteiger partial charge in [0.25, 0.3) is 0 Å². The summed E-state index contributed by atoms with van der Waals surface area (Å²) in [4.78, 5) is 9.75. The number of halogens is 2. The molecule has 0 radical (unpaired) electrons. The second-order valence-corrected chi connectivity index (χ2v) is 7.32. The largest absolute Gasteiger partial charge is 0.359 e. The summed E-state index contributed by atoms with van der Waals surface area (Å²) in [6.07, 6.45) is 0.832. The average Bonchev–Trinajstić information content (AvgIpc) is 3.36. The summed E-state index contributed by atoms with van der Waals surface area (Å²) in [7, 11) is 0.